The number of aromatic nitrogens is 2. The number of carbonyl (C=O) groups is 2. The van der Waals surface area contributed by atoms with Crippen molar-refractivity contribution >= 4 is 34.4 Å². The van der Waals surface area contributed by atoms with Gasteiger partial charge in [0.15, 0.2) is 11.5 Å². The molecule has 0 saturated carbocycles. The van der Waals surface area contributed by atoms with Crippen molar-refractivity contribution in [2.45, 2.75) is 13.5 Å². The summed E-state index contributed by atoms with van der Waals surface area (Å²) in [5.74, 6) is 0.378. The van der Waals surface area contributed by atoms with Crippen LogP contribution in [0, 0.1) is 0 Å². The van der Waals surface area contributed by atoms with Gasteiger partial charge in [-0.15, -0.1) is 0 Å². The largest absolute Gasteiger partial charge is 0.454 e. The Morgan fingerprint density at radius 3 is 2.72 bits per heavy atom. The zero-order valence-corrected chi connectivity index (χ0v) is 15.8. The molecule has 2 heterocycles. The second kappa shape index (κ2) is 7.27. The first-order valence-electron chi connectivity index (χ1n) is 8.87. The summed E-state index contributed by atoms with van der Waals surface area (Å²) in [4.78, 5) is 42.8. The van der Waals surface area contributed by atoms with Crippen LogP contribution < -0.4 is 25.2 Å². The Kier molecular flexibility index (Phi) is 4.63. The summed E-state index contributed by atoms with van der Waals surface area (Å²) in [5.41, 5.74) is 0.999. The minimum Gasteiger partial charge on any atom is -0.454 e. The Morgan fingerprint density at radius 1 is 1.17 bits per heavy atom. The number of para-hydroxylation sites is 2. The molecule has 2 amide bonds. The van der Waals surface area contributed by atoms with Crippen molar-refractivity contribution < 1.29 is 19.1 Å². The van der Waals surface area contributed by atoms with Crippen LogP contribution in [0.3, 0.4) is 0 Å². The number of rotatable bonds is 4. The molecule has 0 spiro atoms. The molecule has 0 aliphatic carbocycles. The second-order valence-corrected chi connectivity index (χ2v) is 6.51. The average molecular weight is 394 g/mol. The van der Waals surface area contributed by atoms with E-state index in [4.69, 9.17) is 9.47 Å². The van der Waals surface area contributed by atoms with Gasteiger partial charge in [0.2, 0.25) is 24.4 Å². The number of ether oxygens (including phenoxy) is 2. The van der Waals surface area contributed by atoms with Crippen LogP contribution in [0.2, 0.25) is 0 Å². The molecule has 9 nitrogen and oxygen atoms in total. The van der Waals surface area contributed by atoms with Crippen LogP contribution in [0.15, 0.2) is 47.3 Å². The Labute approximate surface area is 165 Å². The average Bonchev–Trinajstić information content (AvgIpc) is 3.17. The topological polar surface area (TPSA) is 103 Å². The van der Waals surface area contributed by atoms with E-state index in [1.807, 2.05) is 0 Å². The zero-order valence-electron chi connectivity index (χ0n) is 15.8. The van der Waals surface area contributed by atoms with Gasteiger partial charge >= 0.3 is 0 Å². The van der Waals surface area contributed by atoms with Crippen molar-refractivity contribution in [3.8, 4) is 11.5 Å². The van der Waals surface area contributed by atoms with E-state index < -0.39 is 11.5 Å². The van der Waals surface area contributed by atoms with Crippen molar-refractivity contribution in [2.24, 2.45) is 0 Å². The molecule has 3 aromatic rings. The quantitative estimate of drug-likeness (QED) is 0.723. The lowest BCUT2D eigenvalue weighted by molar-refractivity contribution is -0.117. The number of nitrogens with zero attached hydrogens (tertiary/aromatic N) is 3. The van der Waals surface area contributed by atoms with Gasteiger partial charge in [0.1, 0.15) is 6.54 Å². The Hall–Kier alpha value is -3.88. The van der Waals surface area contributed by atoms with Crippen LogP contribution in [-0.2, 0) is 16.1 Å². The predicted molar refractivity (Wildman–Crippen MR) is 106 cm³/mol. The number of carbonyl (C=O) groups excluding carboxylic acids is 2. The number of nitrogens with one attached hydrogen (secondary N) is 1. The molecular weight excluding hydrogens is 376 g/mol. The summed E-state index contributed by atoms with van der Waals surface area (Å²) in [6, 6.07) is 12.0. The molecule has 2 aromatic carbocycles. The minimum absolute atomic E-state index is 0.0351. The van der Waals surface area contributed by atoms with Crippen molar-refractivity contribution in [1.29, 1.82) is 0 Å². The number of amides is 2. The summed E-state index contributed by atoms with van der Waals surface area (Å²) in [5, 5.41) is 2.75. The Bertz CT molecular complexity index is 1190. The lowest BCUT2D eigenvalue weighted by Crippen LogP contribution is -2.36. The fraction of sp³-hybridized carbons (Fsp3) is 0.200. The van der Waals surface area contributed by atoms with E-state index in [-0.39, 0.29) is 25.1 Å². The van der Waals surface area contributed by atoms with Gasteiger partial charge in [-0.3, -0.25) is 23.9 Å². The van der Waals surface area contributed by atoms with Crippen LogP contribution in [-0.4, -0.2) is 35.2 Å². The summed E-state index contributed by atoms with van der Waals surface area (Å²) < 4.78 is 11.9. The molecule has 1 aliphatic heterocycles. The van der Waals surface area contributed by atoms with Crippen LogP contribution in [0.1, 0.15) is 6.92 Å². The third-order valence-corrected chi connectivity index (χ3v) is 4.58. The van der Waals surface area contributed by atoms with Crippen LogP contribution in [0.25, 0.3) is 11.0 Å². The highest BCUT2D eigenvalue weighted by atomic mass is 16.7. The molecule has 9 heteroatoms. The lowest BCUT2D eigenvalue weighted by atomic mass is 10.2. The number of hydrogen-bond donors (Lipinski definition) is 1. The molecule has 0 unspecified atom stereocenters. The van der Waals surface area contributed by atoms with Crippen molar-refractivity contribution in [3.63, 3.8) is 0 Å². The molecule has 0 saturated heterocycles. The maximum Gasteiger partial charge on any atom is 0.294 e. The van der Waals surface area contributed by atoms with Gasteiger partial charge in [0.25, 0.3) is 5.56 Å². The molecule has 29 heavy (non-hydrogen) atoms. The first-order valence-corrected chi connectivity index (χ1v) is 8.87. The molecule has 148 valence electrons. The Balaban J connectivity index is 1.67. The highest BCUT2D eigenvalue weighted by Crippen LogP contribution is 2.34. The first kappa shape index (κ1) is 18.5. The third-order valence-electron chi connectivity index (χ3n) is 4.58. The number of anilines is 2. The number of fused-ring (bicyclic) bond motifs is 2. The van der Waals surface area contributed by atoms with E-state index >= 15 is 0 Å². The van der Waals surface area contributed by atoms with Crippen LogP contribution in [0.4, 0.5) is 11.5 Å². The van der Waals surface area contributed by atoms with Gasteiger partial charge < -0.3 is 14.8 Å². The monoisotopic (exact) mass is 394 g/mol. The van der Waals surface area contributed by atoms with E-state index in [0.29, 0.717) is 28.2 Å². The van der Waals surface area contributed by atoms with Crippen LogP contribution >= 0.6 is 0 Å². The van der Waals surface area contributed by atoms with E-state index in [2.05, 4.69) is 10.3 Å². The molecule has 4 rings (SSSR count). The molecule has 1 aromatic heterocycles. The van der Waals surface area contributed by atoms with E-state index in [0.717, 1.165) is 0 Å². The minimum atomic E-state index is -0.526. The maximum atomic E-state index is 13.0. The summed E-state index contributed by atoms with van der Waals surface area (Å²) in [7, 11) is 1.47. The fourth-order valence-corrected chi connectivity index (χ4v) is 3.02. The van der Waals surface area contributed by atoms with Crippen LogP contribution in [0.5, 0.6) is 11.5 Å². The maximum absolute atomic E-state index is 13.0. The van der Waals surface area contributed by atoms with E-state index in [1.54, 1.807) is 42.5 Å². The molecular formula is C20H18N4O5. The molecule has 0 atom stereocenters. The van der Waals surface area contributed by atoms with Gasteiger partial charge in [0, 0.05) is 25.7 Å². The highest BCUT2D eigenvalue weighted by molar-refractivity contribution is 5.93. The second-order valence-electron chi connectivity index (χ2n) is 6.51. The first-order chi connectivity index (χ1) is 13.9. The molecule has 1 aliphatic rings. The van der Waals surface area contributed by atoms with Gasteiger partial charge in [-0.1, -0.05) is 12.1 Å². The van der Waals surface area contributed by atoms with Crippen molar-refractivity contribution in [3.05, 3.63) is 52.8 Å². The smallest absolute Gasteiger partial charge is 0.294 e. The summed E-state index contributed by atoms with van der Waals surface area (Å²) in [6.07, 6.45) is 0. The summed E-state index contributed by atoms with van der Waals surface area (Å²) >= 11 is 0. The van der Waals surface area contributed by atoms with Crippen molar-refractivity contribution in [1.82, 2.24) is 9.55 Å². The standard InChI is InChI=1S/C20H18N4O5/c1-12(25)23(2)19-20(27)24(15-6-4-3-5-14(15)22-19)10-18(26)21-13-7-8-16-17(9-13)29-11-28-16/h3-9H,10-11H2,1-2H3,(H,21,26). The SMILES string of the molecule is CC(=O)N(C)c1nc2ccccc2n(CC(=O)Nc2ccc3c(c2)OCO3)c1=O. The third kappa shape index (κ3) is 3.49. The highest BCUT2D eigenvalue weighted by Gasteiger charge is 2.19. The molecule has 1 N–H and O–H groups in total. The van der Waals surface area contributed by atoms with Crippen molar-refractivity contribution in [2.75, 3.05) is 24.1 Å². The Morgan fingerprint density at radius 2 is 1.93 bits per heavy atom. The number of hydrogen-bond acceptors (Lipinski definition) is 6. The lowest BCUT2D eigenvalue weighted by Gasteiger charge is -2.17. The molecule has 0 bridgehead atoms. The number of benzene rings is 2. The van der Waals surface area contributed by atoms with E-state index in [9.17, 15) is 14.4 Å². The van der Waals surface area contributed by atoms with Gasteiger partial charge in [0.05, 0.1) is 11.0 Å². The predicted octanol–water partition coefficient (Wildman–Crippen LogP) is 1.75. The molecule has 0 radical (unpaired) electrons. The summed E-state index contributed by atoms with van der Waals surface area (Å²) in [6.45, 7) is 1.24. The zero-order chi connectivity index (χ0) is 20.5. The molecule has 0 fully saturated rings. The fourth-order valence-electron chi connectivity index (χ4n) is 3.02. The normalized spacial score (nSPS) is 12.1. The van der Waals surface area contributed by atoms with Gasteiger partial charge in [-0.2, -0.15) is 0 Å². The van der Waals surface area contributed by atoms with Gasteiger partial charge in [-0.25, -0.2) is 4.98 Å². The van der Waals surface area contributed by atoms with E-state index in [1.165, 1.54) is 23.4 Å². The van der Waals surface area contributed by atoms with Gasteiger partial charge in [-0.05, 0) is 24.3 Å².